The molecule has 136 valence electrons. The fraction of sp³-hybridized carbons (Fsp3) is 0.579. The van der Waals surface area contributed by atoms with Gasteiger partial charge in [-0.2, -0.15) is 0 Å². The van der Waals surface area contributed by atoms with E-state index in [0.29, 0.717) is 19.5 Å². The molecular formula is C19H25ClN2O2S. The summed E-state index contributed by atoms with van der Waals surface area (Å²) in [6.45, 7) is 3.91. The van der Waals surface area contributed by atoms with Crippen LogP contribution in [-0.2, 0) is 16.0 Å². The first kappa shape index (κ1) is 18.6. The van der Waals surface area contributed by atoms with Crippen LogP contribution >= 0.6 is 23.4 Å². The molecule has 4 nitrogen and oxygen atoms in total. The van der Waals surface area contributed by atoms with Gasteiger partial charge >= 0.3 is 0 Å². The molecule has 0 saturated carbocycles. The number of halogens is 1. The van der Waals surface area contributed by atoms with Crippen molar-refractivity contribution in [3.8, 4) is 0 Å². The number of aryl methyl sites for hydroxylation is 1. The predicted molar refractivity (Wildman–Crippen MR) is 103 cm³/mol. The molecule has 2 saturated heterocycles. The Morgan fingerprint density at radius 3 is 2.52 bits per heavy atom. The van der Waals surface area contributed by atoms with E-state index in [1.807, 2.05) is 34.9 Å². The predicted octanol–water partition coefficient (Wildman–Crippen LogP) is 3.14. The number of carbonyl (C=O) groups is 2. The van der Waals surface area contributed by atoms with Gasteiger partial charge in [-0.15, -0.1) is 23.4 Å². The first-order chi connectivity index (χ1) is 12.0. The van der Waals surface area contributed by atoms with E-state index >= 15 is 0 Å². The first-order valence-electron chi connectivity index (χ1n) is 8.93. The zero-order valence-electron chi connectivity index (χ0n) is 14.6. The van der Waals surface area contributed by atoms with E-state index in [9.17, 15) is 9.59 Å². The van der Waals surface area contributed by atoms with Crippen LogP contribution in [0.15, 0.2) is 30.3 Å². The maximum Gasteiger partial charge on any atom is 0.240 e. The van der Waals surface area contributed by atoms with Crippen molar-refractivity contribution in [3.05, 3.63) is 35.9 Å². The first-order valence-corrected chi connectivity index (χ1v) is 10.4. The highest BCUT2D eigenvalue weighted by atomic mass is 35.5. The monoisotopic (exact) mass is 380 g/mol. The van der Waals surface area contributed by atoms with Crippen molar-refractivity contribution in [3.63, 3.8) is 0 Å². The van der Waals surface area contributed by atoms with Crippen molar-refractivity contribution in [2.75, 3.05) is 25.4 Å². The number of piperidine rings is 1. The number of likely N-dealkylation sites (tertiary alicyclic amines) is 1. The number of hydrogen-bond donors (Lipinski definition) is 0. The third kappa shape index (κ3) is 4.14. The minimum absolute atomic E-state index is 0.00136. The van der Waals surface area contributed by atoms with Gasteiger partial charge in [-0.3, -0.25) is 9.59 Å². The van der Waals surface area contributed by atoms with Crippen molar-refractivity contribution in [1.82, 2.24) is 9.80 Å². The molecule has 0 N–H and O–H groups in total. The normalized spacial score (nSPS) is 20.7. The molecule has 0 bridgehead atoms. The number of rotatable bonds is 4. The smallest absolute Gasteiger partial charge is 0.240 e. The molecule has 0 radical (unpaired) electrons. The van der Waals surface area contributed by atoms with Gasteiger partial charge < -0.3 is 9.80 Å². The maximum atomic E-state index is 12.8. The van der Waals surface area contributed by atoms with E-state index in [1.165, 1.54) is 5.56 Å². The van der Waals surface area contributed by atoms with Crippen LogP contribution < -0.4 is 0 Å². The van der Waals surface area contributed by atoms with Crippen LogP contribution in [0.3, 0.4) is 0 Å². The lowest BCUT2D eigenvalue weighted by molar-refractivity contribution is -0.137. The van der Waals surface area contributed by atoms with Crippen LogP contribution in [0.2, 0.25) is 0 Å². The van der Waals surface area contributed by atoms with E-state index in [1.54, 1.807) is 6.92 Å². The zero-order valence-corrected chi connectivity index (χ0v) is 16.2. The molecule has 2 fully saturated rings. The van der Waals surface area contributed by atoms with Crippen LogP contribution in [0.25, 0.3) is 0 Å². The Bertz CT molecular complexity index is 615. The largest absolute Gasteiger partial charge is 0.341 e. The zero-order chi connectivity index (χ0) is 17.9. The fourth-order valence-electron chi connectivity index (χ4n) is 3.73. The lowest BCUT2D eigenvalue weighted by atomic mass is 10.0. The van der Waals surface area contributed by atoms with Gasteiger partial charge in [0.2, 0.25) is 11.8 Å². The van der Waals surface area contributed by atoms with Crippen LogP contribution in [0.4, 0.5) is 0 Å². The molecule has 0 aliphatic carbocycles. The average Bonchev–Trinajstić information content (AvgIpc) is 3.03. The average molecular weight is 381 g/mol. The Morgan fingerprint density at radius 1 is 1.20 bits per heavy atom. The molecule has 1 spiro atoms. The molecule has 2 aliphatic rings. The quantitative estimate of drug-likeness (QED) is 0.753. The number of alkyl halides is 1. The lowest BCUT2D eigenvalue weighted by Gasteiger charge is -2.44. The number of nitrogens with zero attached hydrogens (tertiary/aromatic N) is 2. The molecule has 6 heteroatoms. The number of benzene rings is 1. The highest BCUT2D eigenvalue weighted by Crippen LogP contribution is 2.44. The highest BCUT2D eigenvalue weighted by molar-refractivity contribution is 8.00. The van der Waals surface area contributed by atoms with Crippen LogP contribution in [0, 0.1) is 0 Å². The fourth-order valence-corrected chi connectivity index (χ4v) is 5.35. The molecule has 25 heavy (non-hydrogen) atoms. The van der Waals surface area contributed by atoms with Crippen molar-refractivity contribution < 1.29 is 9.59 Å². The summed E-state index contributed by atoms with van der Waals surface area (Å²) in [6, 6.07) is 10.2. The Balaban J connectivity index is 1.59. The van der Waals surface area contributed by atoms with Crippen molar-refractivity contribution in [1.29, 1.82) is 0 Å². The third-order valence-electron chi connectivity index (χ3n) is 5.15. The van der Waals surface area contributed by atoms with E-state index < -0.39 is 5.38 Å². The number of thioether (sulfide) groups is 1. The second-order valence-corrected chi connectivity index (χ2v) is 8.88. The van der Waals surface area contributed by atoms with Gasteiger partial charge in [-0.1, -0.05) is 30.3 Å². The molecule has 1 aromatic rings. The second-order valence-electron chi connectivity index (χ2n) is 6.77. The molecule has 1 atom stereocenters. The molecule has 1 unspecified atom stereocenters. The Kier molecular flexibility index (Phi) is 5.95. The minimum atomic E-state index is -0.478. The van der Waals surface area contributed by atoms with Gasteiger partial charge in [-0.05, 0) is 31.7 Å². The number of hydrogen-bond acceptors (Lipinski definition) is 3. The Morgan fingerprint density at radius 2 is 1.88 bits per heavy atom. The summed E-state index contributed by atoms with van der Waals surface area (Å²) >= 11 is 7.81. The second kappa shape index (κ2) is 8.00. The molecule has 3 rings (SSSR count). The number of amides is 2. The van der Waals surface area contributed by atoms with Gasteiger partial charge in [-0.25, -0.2) is 0 Å². The summed E-state index contributed by atoms with van der Waals surface area (Å²) in [4.78, 5) is 28.7. The maximum absolute atomic E-state index is 12.8. The molecule has 2 aliphatic heterocycles. The Hall–Kier alpha value is -1.20. The summed E-state index contributed by atoms with van der Waals surface area (Å²) in [7, 11) is 0. The van der Waals surface area contributed by atoms with Crippen LogP contribution in [-0.4, -0.2) is 57.2 Å². The Labute approximate surface area is 158 Å². The molecule has 1 aromatic carbocycles. The summed E-state index contributed by atoms with van der Waals surface area (Å²) < 4.78 is 0. The van der Waals surface area contributed by atoms with Crippen molar-refractivity contribution in [2.45, 2.75) is 42.9 Å². The SMILES string of the molecule is CC(Cl)C(=O)N1CCC2(CC1)SCCN2C(=O)CCc1ccccc1. The summed E-state index contributed by atoms with van der Waals surface area (Å²) in [5.41, 5.74) is 1.20. The summed E-state index contributed by atoms with van der Waals surface area (Å²) in [6.07, 6.45) is 3.01. The van der Waals surface area contributed by atoms with Crippen molar-refractivity contribution in [2.24, 2.45) is 0 Å². The minimum Gasteiger partial charge on any atom is -0.341 e. The van der Waals surface area contributed by atoms with Crippen LogP contribution in [0.1, 0.15) is 31.7 Å². The van der Waals surface area contributed by atoms with Gasteiger partial charge in [0.05, 0.1) is 4.87 Å². The summed E-state index contributed by atoms with van der Waals surface area (Å²) in [5.74, 6) is 1.22. The number of carbonyl (C=O) groups excluding carboxylic acids is 2. The van der Waals surface area contributed by atoms with E-state index in [2.05, 4.69) is 17.0 Å². The molecule has 0 aromatic heterocycles. The topological polar surface area (TPSA) is 40.6 Å². The summed E-state index contributed by atoms with van der Waals surface area (Å²) in [5, 5.41) is -0.478. The third-order valence-corrected chi connectivity index (χ3v) is 6.89. The molecular weight excluding hydrogens is 356 g/mol. The van der Waals surface area contributed by atoms with Gasteiger partial charge in [0, 0.05) is 31.8 Å². The van der Waals surface area contributed by atoms with Crippen molar-refractivity contribution >= 4 is 35.2 Å². The lowest BCUT2D eigenvalue weighted by Crippen LogP contribution is -2.54. The van der Waals surface area contributed by atoms with Gasteiger partial charge in [0.15, 0.2) is 0 Å². The van der Waals surface area contributed by atoms with Gasteiger partial charge in [0.25, 0.3) is 0 Å². The van der Waals surface area contributed by atoms with E-state index in [-0.39, 0.29) is 16.7 Å². The highest BCUT2D eigenvalue weighted by Gasteiger charge is 2.46. The van der Waals surface area contributed by atoms with Gasteiger partial charge in [0.1, 0.15) is 5.38 Å². The van der Waals surface area contributed by atoms with E-state index in [0.717, 1.165) is 31.6 Å². The van der Waals surface area contributed by atoms with E-state index in [4.69, 9.17) is 11.6 Å². The molecule has 2 amide bonds. The molecule has 2 heterocycles. The standard InChI is InChI=1S/C19H25ClN2O2S/c1-15(20)18(24)21-11-9-19(10-12-21)22(13-14-25-19)17(23)8-7-16-5-3-2-4-6-16/h2-6,15H,7-14H2,1H3. The van der Waals surface area contributed by atoms with Crippen LogP contribution in [0.5, 0.6) is 0 Å².